The Morgan fingerprint density at radius 1 is 0.884 bits per heavy atom. The number of β-amino-alcohol motifs (C(OH)–C–C–N with tert-alkyl or cyclic N) is 2. The number of nitrogens with one attached hydrogen (secondary N) is 1. The van der Waals surface area contributed by atoms with Crippen molar-refractivity contribution in [2.45, 2.75) is 121 Å². The summed E-state index contributed by atoms with van der Waals surface area (Å²) in [6.45, 7) is 2.83. The Labute approximate surface area is 253 Å². The lowest BCUT2D eigenvalue weighted by Crippen LogP contribution is -2.37. The van der Waals surface area contributed by atoms with Crippen LogP contribution in [-0.4, -0.2) is 104 Å². The summed E-state index contributed by atoms with van der Waals surface area (Å²) in [5.74, 6) is 0. The van der Waals surface area contributed by atoms with E-state index in [0.29, 0.717) is 6.42 Å². The van der Waals surface area contributed by atoms with Crippen molar-refractivity contribution in [3.63, 3.8) is 0 Å². The third-order valence-electron chi connectivity index (χ3n) is 8.21. The smallest absolute Gasteiger partial charge is 0.332 e. The van der Waals surface area contributed by atoms with Crippen LogP contribution in [0.25, 0.3) is 0 Å². The number of rotatable bonds is 21. The molecule has 0 saturated carbocycles. The first-order valence-corrected chi connectivity index (χ1v) is 17.7. The van der Waals surface area contributed by atoms with E-state index in [-0.39, 0.29) is 39.0 Å². The van der Waals surface area contributed by atoms with Gasteiger partial charge in [-0.3, -0.25) is 23.8 Å². The maximum Gasteiger partial charge on any atom is 0.332 e. The zero-order valence-electron chi connectivity index (χ0n) is 25.4. The number of unbranched alkanes of at least 4 members (excludes halogenated alkanes) is 11. The quantitative estimate of drug-likeness (QED) is 0.0987. The molecule has 5 N–H and O–H groups in total. The number of ether oxygens (including phenoxy) is 1. The number of hydrogen-bond acceptors (Lipinski definition) is 11. The van der Waals surface area contributed by atoms with E-state index in [4.69, 9.17) is 13.8 Å². The van der Waals surface area contributed by atoms with Gasteiger partial charge in [0.25, 0.3) is 5.56 Å². The predicted octanol–water partition coefficient (Wildman–Crippen LogP) is 2.12. The van der Waals surface area contributed by atoms with Gasteiger partial charge in [0.1, 0.15) is 18.3 Å². The molecule has 248 valence electrons. The van der Waals surface area contributed by atoms with Crippen LogP contribution in [0.5, 0.6) is 0 Å². The van der Waals surface area contributed by atoms with E-state index in [1.54, 1.807) is 4.90 Å². The van der Waals surface area contributed by atoms with Gasteiger partial charge in [0.2, 0.25) is 0 Å². The van der Waals surface area contributed by atoms with Gasteiger partial charge in [-0.05, 0) is 6.42 Å². The second-order valence-electron chi connectivity index (χ2n) is 11.8. The second kappa shape index (κ2) is 18.5. The van der Waals surface area contributed by atoms with Crippen molar-refractivity contribution in [3.8, 4) is 0 Å². The monoisotopic (exact) mass is 633 g/mol. The minimum absolute atomic E-state index is 0.00112. The molecular weight excluding hydrogens is 581 g/mol. The number of likely N-dealkylation sites (tertiary alicyclic amines) is 1. The molecule has 2 saturated heterocycles. The summed E-state index contributed by atoms with van der Waals surface area (Å²) < 4.78 is 31.9. The minimum atomic E-state index is -3.69. The second-order valence-corrected chi connectivity index (χ2v) is 14.0. The van der Waals surface area contributed by atoms with Gasteiger partial charge in [-0.1, -0.05) is 77.6 Å². The molecule has 43 heavy (non-hydrogen) atoms. The van der Waals surface area contributed by atoms with Gasteiger partial charge < -0.3 is 34.2 Å². The molecule has 2 fully saturated rings. The number of H-pyrrole nitrogens is 1. The molecule has 0 aliphatic carbocycles. The van der Waals surface area contributed by atoms with Gasteiger partial charge in [0, 0.05) is 31.9 Å². The van der Waals surface area contributed by atoms with Gasteiger partial charge in [-0.15, -0.1) is 0 Å². The van der Waals surface area contributed by atoms with Gasteiger partial charge in [-0.25, -0.2) is 4.79 Å². The number of nitrogens with zero attached hydrogens (tertiary/aromatic N) is 2. The maximum atomic E-state index is 13.7. The Hall–Kier alpha value is -1.41. The Bertz CT molecular complexity index is 1090. The Morgan fingerprint density at radius 2 is 1.47 bits per heavy atom. The molecule has 0 bridgehead atoms. The predicted molar refractivity (Wildman–Crippen MR) is 161 cm³/mol. The SMILES string of the molecule is CCCCCCCCCCCCCCOP(=O)(CCN1C[C@@H](O)[C@H](O)C1)OC[C@H]1O[C@@H](n2ccc(=O)[nH]c2=O)[C@H](O)[C@@H]1O. The van der Waals surface area contributed by atoms with Gasteiger partial charge in [0.15, 0.2) is 6.23 Å². The number of aliphatic hydroxyl groups is 4. The molecule has 3 heterocycles. The van der Waals surface area contributed by atoms with Crippen molar-refractivity contribution in [2.75, 3.05) is 39.0 Å². The zero-order chi connectivity index (χ0) is 31.2. The zero-order valence-corrected chi connectivity index (χ0v) is 26.3. The van der Waals surface area contributed by atoms with Crippen LogP contribution in [0.4, 0.5) is 0 Å². The molecule has 7 atom stereocenters. The number of aromatic nitrogens is 2. The van der Waals surface area contributed by atoms with Crippen LogP contribution in [0.1, 0.15) is 90.2 Å². The summed E-state index contributed by atoms with van der Waals surface area (Å²) >= 11 is 0. The van der Waals surface area contributed by atoms with Crippen molar-refractivity contribution in [1.29, 1.82) is 0 Å². The van der Waals surface area contributed by atoms with Gasteiger partial charge in [-0.2, -0.15) is 0 Å². The average Bonchev–Trinajstić information content (AvgIpc) is 3.45. The normalized spacial score (nSPS) is 27.6. The molecule has 1 aromatic heterocycles. The van der Waals surface area contributed by atoms with Crippen molar-refractivity contribution in [2.24, 2.45) is 0 Å². The molecular formula is C29H52N3O10P. The Kier molecular flexibility index (Phi) is 15.5. The fraction of sp³-hybridized carbons (Fsp3) is 0.862. The lowest BCUT2D eigenvalue weighted by atomic mass is 10.1. The maximum absolute atomic E-state index is 13.7. The van der Waals surface area contributed by atoms with E-state index >= 15 is 0 Å². The van der Waals surface area contributed by atoms with Gasteiger partial charge >= 0.3 is 13.3 Å². The van der Waals surface area contributed by atoms with E-state index in [9.17, 15) is 34.6 Å². The summed E-state index contributed by atoms with van der Waals surface area (Å²) in [7, 11) is -3.69. The third-order valence-corrected chi connectivity index (χ3v) is 10.1. The van der Waals surface area contributed by atoms with E-state index in [1.165, 1.54) is 51.4 Å². The van der Waals surface area contributed by atoms with Crippen LogP contribution in [0.2, 0.25) is 0 Å². The summed E-state index contributed by atoms with van der Waals surface area (Å²) in [6.07, 6.45) is 8.28. The Balaban J connectivity index is 1.45. The van der Waals surface area contributed by atoms with Crippen molar-refractivity contribution in [3.05, 3.63) is 33.1 Å². The molecule has 13 nitrogen and oxygen atoms in total. The molecule has 3 rings (SSSR count). The first-order valence-electron chi connectivity index (χ1n) is 15.9. The van der Waals surface area contributed by atoms with Crippen LogP contribution >= 0.6 is 7.60 Å². The summed E-state index contributed by atoms with van der Waals surface area (Å²) in [4.78, 5) is 27.4. The Morgan fingerprint density at radius 3 is 2.05 bits per heavy atom. The molecule has 1 aromatic rings. The number of aromatic amines is 1. The molecule has 1 unspecified atom stereocenters. The van der Waals surface area contributed by atoms with Crippen LogP contribution in [0.3, 0.4) is 0 Å². The molecule has 2 aliphatic heterocycles. The minimum Gasteiger partial charge on any atom is -0.389 e. The fourth-order valence-corrected chi connectivity index (χ4v) is 7.16. The highest BCUT2D eigenvalue weighted by Gasteiger charge is 2.45. The first-order chi connectivity index (χ1) is 20.6. The van der Waals surface area contributed by atoms with Crippen molar-refractivity contribution < 1.29 is 38.8 Å². The van der Waals surface area contributed by atoms with E-state index < -0.39 is 55.6 Å². The summed E-state index contributed by atoms with van der Waals surface area (Å²) in [5, 5.41) is 40.8. The topological polar surface area (TPSA) is 184 Å². The van der Waals surface area contributed by atoms with Crippen LogP contribution in [0.15, 0.2) is 21.9 Å². The molecule has 0 amide bonds. The summed E-state index contributed by atoms with van der Waals surface area (Å²) in [5.41, 5.74) is -1.42. The highest BCUT2D eigenvalue weighted by molar-refractivity contribution is 7.53. The van der Waals surface area contributed by atoms with Crippen LogP contribution in [0, 0.1) is 0 Å². The molecule has 0 radical (unpaired) electrons. The highest BCUT2D eigenvalue weighted by atomic mass is 31.2. The fourth-order valence-electron chi connectivity index (χ4n) is 5.52. The number of aliphatic hydroxyl groups excluding tert-OH is 4. The molecule has 0 aromatic carbocycles. The van der Waals surface area contributed by atoms with E-state index in [0.717, 1.165) is 36.1 Å². The van der Waals surface area contributed by atoms with E-state index in [2.05, 4.69) is 11.9 Å². The standard InChI is InChI=1S/C29H52N3O10P/c1-2-3-4-5-6-7-8-9-10-11-12-13-17-40-43(39,18-16-31-19-22(33)23(34)20-31)41-21-24-26(36)27(37)28(42-24)32-15-14-25(35)30-29(32)38/h14-15,22-24,26-28,33-34,36-37H,2-13,16-21H2,1H3,(H,30,35,38)/t22-,23-,24-,26-,27-,28-,43?/m1/s1. The lowest BCUT2D eigenvalue weighted by Gasteiger charge is -2.24. The highest BCUT2D eigenvalue weighted by Crippen LogP contribution is 2.49. The molecule has 0 spiro atoms. The molecule has 2 aliphatic rings. The lowest BCUT2D eigenvalue weighted by molar-refractivity contribution is -0.0531. The van der Waals surface area contributed by atoms with Gasteiger partial charge in [0.05, 0.1) is 31.6 Å². The largest absolute Gasteiger partial charge is 0.389 e. The summed E-state index contributed by atoms with van der Waals surface area (Å²) in [6, 6.07) is 1.09. The first kappa shape index (κ1) is 36.1. The van der Waals surface area contributed by atoms with E-state index in [1.807, 2.05) is 0 Å². The van der Waals surface area contributed by atoms with Crippen molar-refractivity contribution >= 4 is 7.60 Å². The van der Waals surface area contributed by atoms with Crippen LogP contribution in [-0.2, 0) is 18.3 Å². The third kappa shape index (κ3) is 11.8. The van der Waals surface area contributed by atoms with Crippen LogP contribution < -0.4 is 11.2 Å². The molecule has 14 heteroatoms. The van der Waals surface area contributed by atoms with Crippen molar-refractivity contribution in [1.82, 2.24) is 14.5 Å². The number of hydrogen-bond donors (Lipinski definition) is 5. The average molecular weight is 634 g/mol.